The summed E-state index contributed by atoms with van der Waals surface area (Å²) in [5, 5.41) is 18.2. The Hall–Kier alpha value is -4.18. The maximum atomic E-state index is 13.9. The van der Waals surface area contributed by atoms with Crippen LogP contribution in [0.15, 0.2) is 29.7 Å². The number of benzene rings is 1. The number of nitrogens with one attached hydrogen (secondary N) is 4. The molecule has 0 aliphatic carbocycles. The average Bonchev–Trinajstić information content (AvgIpc) is 3.37. The van der Waals surface area contributed by atoms with Crippen molar-refractivity contribution in [3.05, 3.63) is 24.8 Å². The van der Waals surface area contributed by atoms with E-state index in [0.717, 1.165) is 0 Å². The highest BCUT2D eigenvalue weighted by Gasteiger charge is 2.34. The number of fused-ring (bicyclic) bond motifs is 1. The number of aromatic nitrogens is 4. The Kier molecular flexibility index (Phi) is 9.29. The van der Waals surface area contributed by atoms with Crippen molar-refractivity contribution in [3.8, 4) is 0 Å². The van der Waals surface area contributed by atoms with Crippen LogP contribution in [-0.2, 0) is 30.9 Å². The molecule has 0 radical (unpaired) electrons. The standard InChI is InChI=1S/C27H39N9O6S/c1-27(2,3)42-26(39)20(34-43(40,41)22-18(29-5)11-17(28-4)12-19(22)30-6)13-36-15-33-21-23(31-14-32-24(21)36)35-9-7-16(8-10-35)25(37)38/h11-12,14-16,20,28-30,34H,7-10,13H2,1-6H3,(H,37,38)/t20-/m0/s1. The van der Waals surface area contributed by atoms with Gasteiger partial charge in [-0.15, -0.1) is 0 Å². The molecular formula is C27H39N9O6S. The van der Waals surface area contributed by atoms with Gasteiger partial charge in [0.2, 0.25) is 10.0 Å². The first-order valence-electron chi connectivity index (χ1n) is 13.9. The summed E-state index contributed by atoms with van der Waals surface area (Å²) < 4.78 is 37.5. The molecule has 0 spiro atoms. The number of nitrogens with zero attached hydrogens (tertiary/aromatic N) is 5. The predicted octanol–water partition coefficient (Wildman–Crippen LogP) is 1.94. The van der Waals surface area contributed by atoms with Crippen LogP contribution in [-0.4, -0.2) is 90.9 Å². The van der Waals surface area contributed by atoms with E-state index in [2.05, 4.69) is 35.6 Å². The lowest BCUT2D eigenvalue weighted by Crippen LogP contribution is -2.46. The predicted molar refractivity (Wildman–Crippen MR) is 163 cm³/mol. The molecule has 0 unspecified atom stereocenters. The first kappa shape index (κ1) is 31.7. The number of ether oxygens (including phenoxy) is 1. The third kappa shape index (κ3) is 7.07. The number of imidazole rings is 1. The molecule has 15 nitrogen and oxygen atoms in total. The molecule has 2 aromatic heterocycles. The first-order chi connectivity index (χ1) is 20.3. The van der Waals surface area contributed by atoms with Crippen molar-refractivity contribution in [1.82, 2.24) is 24.2 Å². The summed E-state index contributed by atoms with van der Waals surface area (Å²) in [6.45, 7) is 5.91. The van der Waals surface area contributed by atoms with Gasteiger partial charge < -0.3 is 35.3 Å². The van der Waals surface area contributed by atoms with Gasteiger partial charge in [-0.25, -0.2) is 23.4 Å². The minimum Gasteiger partial charge on any atom is -0.481 e. The number of carbonyl (C=O) groups excluding carboxylic acids is 1. The molecular weight excluding hydrogens is 578 g/mol. The maximum Gasteiger partial charge on any atom is 0.326 e. The lowest BCUT2D eigenvalue weighted by molar-refractivity contribution is -0.157. The quantitative estimate of drug-likeness (QED) is 0.196. The number of rotatable bonds is 11. The van der Waals surface area contributed by atoms with Crippen LogP contribution in [0.5, 0.6) is 0 Å². The van der Waals surface area contributed by atoms with E-state index in [1.807, 2.05) is 4.90 Å². The Bertz CT molecular complexity index is 1570. The highest BCUT2D eigenvalue weighted by Crippen LogP contribution is 2.33. The zero-order valence-corrected chi connectivity index (χ0v) is 25.9. The highest BCUT2D eigenvalue weighted by atomic mass is 32.2. The second-order valence-corrected chi connectivity index (χ2v) is 12.9. The number of carbonyl (C=O) groups is 2. The van der Waals surface area contributed by atoms with Crippen LogP contribution in [0.1, 0.15) is 33.6 Å². The third-order valence-electron chi connectivity index (χ3n) is 7.08. The Morgan fingerprint density at radius 3 is 2.21 bits per heavy atom. The summed E-state index contributed by atoms with van der Waals surface area (Å²) in [7, 11) is 0.650. The van der Waals surface area contributed by atoms with Gasteiger partial charge in [-0.05, 0) is 45.7 Å². The number of hydrogen-bond donors (Lipinski definition) is 5. The van der Waals surface area contributed by atoms with Crippen LogP contribution in [0.2, 0.25) is 0 Å². The number of piperidine rings is 1. The SMILES string of the molecule is CNc1cc(NC)c(S(=O)(=O)N[C@@H](Cn2cnc3c(N4CCC(C(=O)O)CC4)ncnc32)C(=O)OC(C)(C)C)c(NC)c1. The third-order valence-corrected chi connectivity index (χ3v) is 8.65. The molecule has 234 valence electrons. The second kappa shape index (κ2) is 12.6. The number of esters is 1. The molecule has 16 heteroatoms. The van der Waals surface area contributed by atoms with Crippen LogP contribution in [0.4, 0.5) is 22.9 Å². The lowest BCUT2D eigenvalue weighted by atomic mass is 9.97. The van der Waals surface area contributed by atoms with E-state index in [1.54, 1.807) is 58.6 Å². The summed E-state index contributed by atoms with van der Waals surface area (Å²) >= 11 is 0. The van der Waals surface area contributed by atoms with E-state index >= 15 is 0 Å². The number of anilines is 4. The Morgan fingerprint density at radius 2 is 1.67 bits per heavy atom. The molecule has 0 bridgehead atoms. The summed E-state index contributed by atoms with van der Waals surface area (Å²) in [6, 6.07) is 1.96. The summed E-state index contributed by atoms with van der Waals surface area (Å²) in [4.78, 5) is 40.0. The van der Waals surface area contributed by atoms with E-state index in [0.29, 0.717) is 60.0 Å². The Morgan fingerprint density at radius 1 is 1.05 bits per heavy atom. The maximum absolute atomic E-state index is 13.9. The summed E-state index contributed by atoms with van der Waals surface area (Å²) in [5.41, 5.74) is 1.30. The number of aliphatic carboxylic acids is 1. The van der Waals surface area contributed by atoms with E-state index in [-0.39, 0.29) is 11.4 Å². The Labute approximate surface area is 250 Å². The van der Waals surface area contributed by atoms with Crippen molar-refractivity contribution in [2.24, 2.45) is 5.92 Å². The van der Waals surface area contributed by atoms with Gasteiger partial charge in [-0.3, -0.25) is 9.59 Å². The highest BCUT2D eigenvalue weighted by molar-refractivity contribution is 7.89. The molecule has 1 aliphatic heterocycles. The van der Waals surface area contributed by atoms with Crippen LogP contribution >= 0.6 is 0 Å². The van der Waals surface area contributed by atoms with Crippen molar-refractivity contribution >= 4 is 56.0 Å². The summed E-state index contributed by atoms with van der Waals surface area (Å²) in [5.74, 6) is -1.44. The van der Waals surface area contributed by atoms with Crippen molar-refractivity contribution in [2.75, 3.05) is 55.1 Å². The number of carboxylic acid groups (broad SMARTS) is 1. The van der Waals surface area contributed by atoms with Crippen molar-refractivity contribution in [3.63, 3.8) is 0 Å². The number of sulfonamides is 1. The topological polar surface area (TPSA) is 193 Å². The van der Waals surface area contributed by atoms with Gasteiger partial charge >= 0.3 is 11.9 Å². The van der Waals surface area contributed by atoms with Crippen LogP contribution in [0.25, 0.3) is 11.2 Å². The van der Waals surface area contributed by atoms with E-state index in [1.165, 1.54) is 12.7 Å². The largest absolute Gasteiger partial charge is 0.481 e. The first-order valence-corrected chi connectivity index (χ1v) is 15.4. The van der Waals surface area contributed by atoms with E-state index in [4.69, 9.17) is 4.74 Å². The molecule has 1 aromatic carbocycles. The minimum atomic E-state index is -4.29. The fraction of sp³-hybridized carbons (Fsp3) is 0.519. The zero-order chi connectivity index (χ0) is 31.5. The molecule has 0 amide bonds. The van der Waals surface area contributed by atoms with Gasteiger partial charge in [0.25, 0.3) is 0 Å². The van der Waals surface area contributed by atoms with Gasteiger partial charge in [0.15, 0.2) is 17.0 Å². The van der Waals surface area contributed by atoms with E-state index in [9.17, 15) is 23.1 Å². The van der Waals surface area contributed by atoms with Crippen molar-refractivity contribution in [1.29, 1.82) is 0 Å². The average molecular weight is 618 g/mol. The zero-order valence-electron chi connectivity index (χ0n) is 25.1. The summed E-state index contributed by atoms with van der Waals surface area (Å²) in [6.07, 6.45) is 3.79. The van der Waals surface area contributed by atoms with E-state index < -0.39 is 39.5 Å². The molecule has 3 heterocycles. The molecule has 0 saturated carbocycles. The van der Waals surface area contributed by atoms with Gasteiger partial charge in [0.1, 0.15) is 22.9 Å². The molecule has 5 N–H and O–H groups in total. The normalized spacial score (nSPS) is 15.3. The van der Waals surface area contributed by atoms with Gasteiger partial charge in [0.05, 0.1) is 30.2 Å². The molecule has 1 saturated heterocycles. The lowest BCUT2D eigenvalue weighted by Gasteiger charge is -2.30. The van der Waals surface area contributed by atoms with Crippen LogP contribution in [0.3, 0.4) is 0 Å². The van der Waals surface area contributed by atoms with Crippen molar-refractivity contribution < 1.29 is 27.9 Å². The molecule has 4 rings (SSSR count). The molecule has 43 heavy (non-hydrogen) atoms. The number of hydrogen-bond acceptors (Lipinski definition) is 12. The van der Waals surface area contributed by atoms with Crippen LogP contribution < -0.4 is 25.6 Å². The van der Waals surface area contributed by atoms with Gasteiger partial charge in [-0.2, -0.15) is 4.72 Å². The van der Waals surface area contributed by atoms with Crippen LogP contribution in [0, 0.1) is 5.92 Å². The second-order valence-electron chi connectivity index (χ2n) is 11.2. The van der Waals surface area contributed by atoms with Gasteiger partial charge in [-0.1, -0.05) is 0 Å². The fourth-order valence-electron chi connectivity index (χ4n) is 4.98. The minimum absolute atomic E-state index is 0.0603. The molecule has 3 aromatic rings. The van der Waals surface area contributed by atoms with Gasteiger partial charge in [0, 0.05) is 39.9 Å². The molecule has 1 atom stereocenters. The monoisotopic (exact) mass is 617 g/mol. The fourth-order valence-corrected chi connectivity index (χ4v) is 6.55. The smallest absolute Gasteiger partial charge is 0.326 e. The van der Waals surface area contributed by atoms with Crippen molar-refractivity contribution in [2.45, 2.75) is 56.7 Å². The molecule has 1 aliphatic rings. The molecule has 1 fully saturated rings. The number of carboxylic acids is 1. The Balaban J connectivity index is 1.69.